The molecule has 0 amide bonds. The normalized spacial score (nSPS) is 16.7. The van der Waals surface area contributed by atoms with Crippen molar-refractivity contribution in [3.63, 3.8) is 0 Å². The van der Waals surface area contributed by atoms with Crippen LogP contribution in [0, 0.1) is 6.92 Å². The first kappa shape index (κ1) is 20.5. The molecule has 1 saturated heterocycles. The number of hydrogen-bond acceptors (Lipinski definition) is 6. The molecule has 1 fully saturated rings. The summed E-state index contributed by atoms with van der Waals surface area (Å²) in [6, 6.07) is 18.3. The molecule has 1 aliphatic rings. The molecule has 3 heterocycles. The predicted octanol–water partition coefficient (Wildman–Crippen LogP) is 4.37. The molecular weight excluding hydrogens is 430 g/mol. The highest BCUT2D eigenvalue weighted by Crippen LogP contribution is 2.42. The summed E-state index contributed by atoms with van der Waals surface area (Å²) >= 11 is 8.10. The first-order valence-electron chi connectivity index (χ1n) is 10.4. The number of hydrogen-bond donors (Lipinski definition) is 1. The van der Waals surface area contributed by atoms with Gasteiger partial charge >= 0.3 is 0 Å². The Labute approximate surface area is 190 Å². The Morgan fingerprint density at radius 2 is 1.74 bits per heavy atom. The average molecular weight is 454 g/mol. The zero-order chi connectivity index (χ0) is 21.4. The van der Waals surface area contributed by atoms with Crippen LogP contribution in [0.25, 0.3) is 4.96 Å². The molecule has 0 spiro atoms. The number of aromatic hydroxyl groups is 1. The van der Waals surface area contributed by atoms with Gasteiger partial charge in [0, 0.05) is 37.7 Å². The number of nitrogens with zero attached hydrogens (tertiary/aromatic N) is 5. The summed E-state index contributed by atoms with van der Waals surface area (Å²) in [5.41, 5.74) is 2.33. The third-order valence-electron chi connectivity index (χ3n) is 5.77. The van der Waals surface area contributed by atoms with Crippen molar-refractivity contribution in [2.45, 2.75) is 19.5 Å². The zero-order valence-electron chi connectivity index (χ0n) is 17.3. The standard InChI is InChI=1S/C23H24ClN5OS/c1-16-25-23-29(26-16)22(30)21(31-23)20(18-9-5-6-10-19(18)24)28-13-11-27(12-14-28)15-17-7-3-2-4-8-17/h2-10,20,30H,11-15H2,1H3/t20-/m1/s1. The summed E-state index contributed by atoms with van der Waals surface area (Å²) in [6.45, 7) is 6.46. The quantitative estimate of drug-likeness (QED) is 0.486. The van der Waals surface area contributed by atoms with E-state index in [0.29, 0.717) is 15.8 Å². The van der Waals surface area contributed by atoms with E-state index in [1.54, 1.807) is 0 Å². The van der Waals surface area contributed by atoms with Crippen LogP contribution < -0.4 is 0 Å². The smallest absolute Gasteiger partial charge is 0.230 e. The average Bonchev–Trinajstić information content (AvgIpc) is 3.29. The maximum absolute atomic E-state index is 11.0. The van der Waals surface area contributed by atoms with E-state index < -0.39 is 0 Å². The molecule has 160 valence electrons. The Bertz CT molecular complexity index is 1180. The molecule has 4 aromatic rings. The molecule has 8 heteroatoms. The first-order chi connectivity index (χ1) is 15.1. The number of fused-ring (bicyclic) bond motifs is 1. The molecule has 5 rings (SSSR count). The second-order valence-electron chi connectivity index (χ2n) is 7.87. The Hall–Kier alpha value is -2.45. The highest BCUT2D eigenvalue weighted by molar-refractivity contribution is 7.17. The first-order valence-corrected chi connectivity index (χ1v) is 11.6. The SMILES string of the molecule is Cc1nc2sc([C@@H](c3ccccc3Cl)N3CCN(Cc4ccccc4)CC3)c(O)n2n1. The van der Waals surface area contributed by atoms with Gasteiger partial charge in [0.05, 0.1) is 10.9 Å². The van der Waals surface area contributed by atoms with Crippen LogP contribution in [0.2, 0.25) is 5.02 Å². The van der Waals surface area contributed by atoms with Crippen LogP contribution >= 0.6 is 22.9 Å². The lowest BCUT2D eigenvalue weighted by molar-refractivity contribution is 0.105. The van der Waals surface area contributed by atoms with Gasteiger partial charge in [-0.1, -0.05) is 71.5 Å². The molecule has 1 atom stereocenters. The molecule has 2 aromatic heterocycles. The minimum absolute atomic E-state index is 0.138. The summed E-state index contributed by atoms with van der Waals surface area (Å²) in [6.07, 6.45) is 0. The lowest BCUT2D eigenvalue weighted by Gasteiger charge is -2.39. The molecule has 0 unspecified atom stereocenters. The number of halogens is 1. The van der Waals surface area contributed by atoms with E-state index in [-0.39, 0.29) is 11.9 Å². The van der Waals surface area contributed by atoms with Gasteiger partial charge in [-0.15, -0.1) is 5.10 Å². The molecule has 0 radical (unpaired) electrons. The third-order valence-corrected chi connectivity index (χ3v) is 7.19. The van der Waals surface area contributed by atoms with Gasteiger partial charge in [-0.25, -0.2) is 4.98 Å². The van der Waals surface area contributed by atoms with Crippen molar-refractivity contribution in [3.05, 3.63) is 81.4 Å². The van der Waals surface area contributed by atoms with Crippen molar-refractivity contribution in [2.75, 3.05) is 26.2 Å². The summed E-state index contributed by atoms with van der Waals surface area (Å²) < 4.78 is 1.53. The number of thiazole rings is 1. The van der Waals surface area contributed by atoms with Gasteiger partial charge in [-0.2, -0.15) is 4.52 Å². The molecule has 0 bridgehead atoms. The van der Waals surface area contributed by atoms with Crippen LogP contribution in [-0.2, 0) is 6.54 Å². The molecule has 2 aromatic carbocycles. The van der Waals surface area contributed by atoms with E-state index in [4.69, 9.17) is 11.6 Å². The second-order valence-corrected chi connectivity index (χ2v) is 9.28. The van der Waals surface area contributed by atoms with Crippen molar-refractivity contribution < 1.29 is 5.11 Å². The van der Waals surface area contributed by atoms with Crippen LogP contribution in [0.4, 0.5) is 0 Å². The van der Waals surface area contributed by atoms with Crippen molar-refractivity contribution >= 4 is 27.9 Å². The number of aryl methyl sites for hydroxylation is 1. The fourth-order valence-electron chi connectivity index (χ4n) is 4.25. The van der Waals surface area contributed by atoms with E-state index in [0.717, 1.165) is 43.2 Å². The number of piperazine rings is 1. The van der Waals surface area contributed by atoms with Crippen LogP contribution in [0.3, 0.4) is 0 Å². The molecular formula is C23H24ClN5OS. The van der Waals surface area contributed by atoms with Gasteiger partial charge in [0.25, 0.3) is 0 Å². The van der Waals surface area contributed by atoms with Crippen LogP contribution in [0.15, 0.2) is 54.6 Å². The molecule has 31 heavy (non-hydrogen) atoms. The fourth-order valence-corrected chi connectivity index (χ4v) is 5.64. The Morgan fingerprint density at radius 1 is 1.03 bits per heavy atom. The third kappa shape index (κ3) is 4.06. The van der Waals surface area contributed by atoms with E-state index in [1.165, 1.54) is 21.4 Å². The minimum Gasteiger partial charge on any atom is -0.492 e. The molecule has 0 saturated carbocycles. The minimum atomic E-state index is -0.138. The Kier molecular flexibility index (Phi) is 5.67. The summed E-state index contributed by atoms with van der Waals surface area (Å²) in [5.74, 6) is 0.800. The number of benzene rings is 2. The van der Waals surface area contributed by atoms with E-state index in [1.807, 2.05) is 31.2 Å². The zero-order valence-corrected chi connectivity index (χ0v) is 18.9. The maximum Gasteiger partial charge on any atom is 0.230 e. The fraction of sp³-hybridized carbons (Fsp3) is 0.304. The van der Waals surface area contributed by atoms with Crippen LogP contribution in [0.5, 0.6) is 5.88 Å². The van der Waals surface area contributed by atoms with Gasteiger partial charge in [0.2, 0.25) is 10.8 Å². The molecule has 1 aliphatic heterocycles. The molecule has 0 aliphatic carbocycles. The van der Waals surface area contributed by atoms with Crippen molar-refractivity contribution in [1.29, 1.82) is 0 Å². The van der Waals surface area contributed by atoms with Gasteiger partial charge in [0.1, 0.15) is 5.82 Å². The highest BCUT2D eigenvalue weighted by atomic mass is 35.5. The van der Waals surface area contributed by atoms with Crippen molar-refractivity contribution in [1.82, 2.24) is 24.4 Å². The van der Waals surface area contributed by atoms with Gasteiger partial charge < -0.3 is 5.11 Å². The van der Waals surface area contributed by atoms with E-state index in [9.17, 15) is 5.11 Å². The lowest BCUT2D eigenvalue weighted by Crippen LogP contribution is -2.47. The predicted molar refractivity (Wildman–Crippen MR) is 124 cm³/mol. The highest BCUT2D eigenvalue weighted by Gasteiger charge is 2.32. The van der Waals surface area contributed by atoms with E-state index in [2.05, 4.69) is 50.2 Å². The summed E-state index contributed by atoms with van der Waals surface area (Å²) in [7, 11) is 0. The monoisotopic (exact) mass is 453 g/mol. The van der Waals surface area contributed by atoms with Crippen molar-refractivity contribution in [2.24, 2.45) is 0 Å². The molecule has 6 nitrogen and oxygen atoms in total. The largest absolute Gasteiger partial charge is 0.492 e. The topological polar surface area (TPSA) is 56.9 Å². The lowest BCUT2D eigenvalue weighted by atomic mass is 10.0. The van der Waals surface area contributed by atoms with Gasteiger partial charge in [0.15, 0.2) is 0 Å². The van der Waals surface area contributed by atoms with Gasteiger partial charge in [-0.3, -0.25) is 9.80 Å². The summed E-state index contributed by atoms with van der Waals surface area (Å²) in [5, 5.41) is 16.0. The summed E-state index contributed by atoms with van der Waals surface area (Å²) in [4.78, 5) is 10.9. The second kappa shape index (κ2) is 8.59. The number of rotatable bonds is 5. The number of aromatic nitrogens is 3. The van der Waals surface area contributed by atoms with Crippen molar-refractivity contribution in [3.8, 4) is 5.88 Å². The Morgan fingerprint density at radius 3 is 2.45 bits per heavy atom. The van der Waals surface area contributed by atoms with Crippen LogP contribution in [0.1, 0.15) is 27.9 Å². The Balaban J connectivity index is 1.44. The van der Waals surface area contributed by atoms with Crippen LogP contribution in [-0.4, -0.2) is 55.7 Å². The maximum atomic E-state index is 11.0. The molecule has 1 N–H and O–H groups in total. The van der Waals surface area contributed by atoms with Gasteiger partial charge in [-0.05, 0) is 24.1 Å². The van der Waals surface area contributed by atoms with E-state index >= 15 is 0 Å².